The van der Waals surface area contributed by atoms with Crippen LogP contribution in [0.5, 0.6) is 5.75 Å². The maximum absolute atomic E-state index is 13.1. The van der Waals surface area contributed by atoms with Crippen LogP contribution in [0.25, 0.3) is 0 Å². The number of rotatable bonds is 4. The number of amides is 2. The number of ether oxygens (including phenoxy) is 1. The van der Waals surface area contributed by atoms with Crippen LogP contribution in [0.1, 0.15) is 40.2 Å². The van der Waals surface area contributed by atoms with Crippen LogP contribution in [-0.2, 0) is 17.8 Å². The molecular weight excluding hydrogens is 358 g/mol. The van der Waals surface area contributed by atoms with Gasteiger partial charge in [0.25, 0.3) is 5.91 Å². The molecule has 2 aliphatic rings. The number of carbonyl (C=O) groups excluding carboxylic acids is 2. The van der Waals surface area contributed by atoms with Crippen molar-refractivity contribution >= 4 is 17.5 Å². The van der Waals surface area contributed by atoms with Crippen LogP contribution in [0.2, 0.25) is 0 Å². The van der Waals surface area contributed by atoms with E-state index in [0.29, 0.717) is 36.6 Å². The van der Waals surface area contributed by atoms with Crippen LogP contribution in [0.3, 0.4) is 0 Å². The Morgan fingerprint density at radius 3 is 3.04 bits per heavy atom. The Morgan fingerprint density at radius 2 is 2.21 bits per heavy atom. The SMILES string of the molecule is COc1ccc(C)cc1NC(=O)C1CCCN1C(=O)c1n[nH]c2c1CNCC2. The number of hydrogen-bond donors (Lipinski definition) is 3. The molecule has 4 rings (SSSR count). The van der Waals surface area contributed by atoms with Gasteiger partial charge < -0.3 is 20.3 Å². The highest BCUT2D eigenvalue weighted by atomic mass is 16.5. The summed E-state index contributed by atoms with van der Waals surface area (Å²) >= 11 is 0. The third-order valence-corrected chi connectivity index (χ3v) is 5.44. The van der Waals surface area contributed by atoms with Crippen molar-refractivity contribution in [3.8, 4) is 5.75 Å². The number of aromatic nitrogens is 2. The lowest BCUT2D eigenvalue weighted by atomic mass is 10.1. The number of aryl methyl sites for hydroxylation is 1. The molecule has 28 heavy (non-hydrogen) atoms. The summed E-state index contributed by atoms with van der Waals surface area (Å²) < 4.78 is 5.34. The van der Waals surface area contributed by atoms with Crippen LogP contribution in [0.4, 0.5) is 5.69 Å². The van der Waals surface area contributed by atoms with Gasteiger partial charge in [0.15, 0.2) is 5.69 Å². The molecule has 1 aromatic carbocycles. The highest BCUT2D eigenvalue weighted by Gasteiger charge is 2.37. The summed E-state index contributed by atoms with van der Waals surface area (Å²) in [5.41, 5.74) is 3.99. The van der Waals surface area contributed by atoms with Crippen molar-refractivity contribution in [2.45, 2.75) is 38.8 Å². The molecule has 1 unspecified atom stereocenters. The van der Waals surface area contributed by atoms with Gasteiger partial charge in [0.1, 0.15) is 11.8 Å². The van der Waals surface area contributed by atoms with E-state index in [1.54, 1.807) is 12.0 Å². The third kappa shape index (κ3) is 3.35. The summed E-state index contributed by atoms with van der Waals surface area (Å²) in [7, 11) is 1.57. The Hall–Kier alpha value is -2.87. The molecular formula is C20H25N5O3. The zero-order chi connectivity index (χ0) is 19.7. The van der Waals surface area contributed by atoms with E-state index in [-0.39, 0.29) is 11.8 Å². The Bertz CT molecular complexity index is 907. The fourth-order valence-electron chi connectivity index (χ4n) is 3.96. The van der Waals surface area contributed by atoms with E-state index in [2.05, 4.69) is 20.8 Å². The smallest absolute Gasteiger partial charge is 0.275 e. The van der Waals surface area contributed by atoms with E-state index >= 15 is 0 Å². The quantitative estimate of drug-likeness (QED) is 0.745. The average Bonchev–Trinajstić information content (AvgIpc) is 3.35. The van der Waals surface area contributed by atoms with Gasteiger partial charge in [-0.1, -0.05) is 6.07 Å². The molecule has 3 heterocycles. The largest absolute Gasteiger partial charge is 0.495 e. The number of likely N-dealkylation sites (tertiary alicyclic amines) is 1. The van der Waals surface area contributed by atoms with E-state index in [1.165, 1.54) is 0 Å². The minimum atomic E-state index is -0.512. The van der Waals surface area contributed by atoms with Gasteiger partial charge in [0.2, 0.25) is 5.91 Å². The third-order valence-electron chi connectivity index (χ3n) is 5.44. The lowest BCUT2D eigenvalue weighted by Gasteiger charge is -2.24. The standard InChI is InChI=1S/C20H25N5O3/c1-12-5-6-17(28-2)15(10-12)22-19(26)16-4-3-9-25(16)20(27)18-13-11-21-8-7-14(13)23-24-18/h5-6,10,16,21H,3-4,7-9,11H2,1-2H3,(H,22,26)(H,23,24). The highest BCUT2D eigenvalue weighted by Crippen LogP contribution is 2.28. The Morgan fingerprint density at radius 1 is 1.36 bits per heavy atom. The molecule has 2 aliphatic heterocycles. The predicted octanol–water partition coefficient (Wildman–Crippen LogP) is 1.62. The second kappa shape index (κ2) is 7.63. The van der Waals surface area contributed by atoms with Crippen molar-refractivity contribution in [3.63, 3.8) is 0 Å². The highest BCUT2D eigenvalue weighted by molar-refractivity contribution is 6.02. The minimum Gasteiger partial charge on any atom is -0.495 e. The first-order valence-electron chi connectivity index (χ1n) is 9.62. The predicted molar refractivity (Wildman–Crippen MR) is 104 cm³/mol. The molecule has 2 amide bonds. The summed E-state index contributed by atoms with van der Waals surface area (Å²) in [6.07, 6.45) is 2.25. The number of anilines is 1. The number of fused-ring (bicyclic) bond motifs is 1. The van der Waals surface area contributed by atoms with Gasteiger partial charge in [-0.2, -0.15) is 5.10 Å². The number of benzene rings is 1. The van der Waals surface area contributed by atoms with Gasteiger partial charge in [0.05, 0.1) is 12.8 Å². The normalized spacial score (nSPS) is 18.6. The summed E-state index contributed by atoms with van der Waals surface area (Å²) in [5.74, 6) is 0.217. The lowest BCUT2D eigenvalue weighted by Crippen LogP contribution is -2.43. The van der Waals surface area contributed by atoms with Crippen molar-refractivity contribution in [2.24, 2.45) is 0 Å². The molecule has 0 saturated carbocycles. The van der Waals surface area contributed by atoms with Crippen molar-refractivity contribution in [1.82, 2.24) is 20.4 Å². The zero-order valence-corrected chi connectivity index (χ0v) is 16.2. The molecule has 3 N–H and O–H groups in total. The molecule has 8 heteroatoms. The van der Waals surface area contributed by atoms with Crippen molar-refractivity contribution < 1.29 is 14.3 Å². The number of hydrogen-bond acceptors (Lipinski definition) is 5. The molecule has 0 radical (unpaired) electrons. The van der Waals surface area contributed by atoms with Crippen LogP contribution in [0.15, 0.2) is 18.2 Å². The number of carbonyl (C=O) groups is 2. The molecule has 0 aliphatic carbocycles. The lowest BCUT2D eigenvalue weighted by molar-refractivity contribution is -0.119. The first-order valence-corrected chi connectivity index (χ1v) is 9.62. The van der Waals surface area contributed by atoms with Gasteiger partial charge in [-0.25, -0.2) is 0 Å². The molecule has 8 nitrogen and oxygen atoms in total. The molecule has 0 bridgehead atoms. The molecule has 1 saturated heterocycles. The van der Waals surface area contributed by atoms with Gasteiger partial charge in [-0.05, 0) is 37.5 Å². The Kier molecular flexibility index (Phi) is 5.04. The summed E-state index contributed by atoms with van der Waals surface area (Å²) in [4.78, 5) is 27.7. The fourth-order valence-corrected chi connectivity index (χ4v) is 3.96. The van der Waals surface area contributed by atoms with E-state index in [9.17, 15) is 9.59 Å². The molecule has 148 valence electrons. The van der Waals surface area contributed by atoms with Gasteiger partial charge in [-0.3, -0.25) is 14.7 Å². The number of methoxy groups -OCH3 is 1. The summed E-state index contributed by atoms with van der Waals surface area (Å²) in [6.45, 7) is 4.00. The van der Waals surface area contributed by atoms with E-state index in [4.69, 9.17) is 4.74 Å². The van der Waals surface area contributed by atoms with Crippen LogP contribution >= 0.6 is 0 Å². The van der Waals surface area contributed by atoms with Crippen molar-refractivity contribution in [2.75, 3.05) is 25.5 Å². The minimum absolute atomic E-state index is 0.185. The fraction of sp³-hybridized carbons (Fsp3) is 0.450. The topological polar surface area (TPSA) is 99.3 Å². The first-order chi connectivity index (χ1) is 13.6. The molecule has 1 atom stereocenters. The second-order valence-electron chi connectivity index (χ2n) is 7.31. The van der Waals surface area contributed by atoms with Crippen molar-refractivity contribution in [1.29, 1.82) is 0 Å². The van der Waals surface area contributed by atoms with Crippen molar-refractivity contribution in [3.05, 3.63) is 40.7 Å². The summed E-state index contributed by atoms with van der Waals surface area (Å²) in [6, 6.07) is 5.11. The Balaban J connectivity index is 1.53. The van der Waals surface area contributed by atoms with E-state index < -0.39 is 6.04 Å². The Labute approximate surface area is 163 Å². The second-order valence-corrected chi connectivity index (χ2v) is 7.31. The van der Waals surface area contributed by atoms with E-state index in [0.717, 1.165) is 36.2 Å². The summed E-state index contributed by atoms with van der Waals surface area (Å²) in [5, 5.41) is 13.4. The molecule has 1 fully saturated rings. The van der Waals surface area contributed by atoms with Crippen LogP contribution in [0, 0.1) is 6.92 Å². The van der Waals surface area contributed by atoms with Gasteiger partial charge in [0, 0.05) is 37.3 Å². The zero-order valence-electron chi connectivity index (χ0n) is 16.2. The molecule has 0 spiro atoms. The number of nitrogens with zero attached hydrogens (tertiary/aromatic N) is 2. The number of nitrogens with one attached hydrogen (secondary N) is 3. The van der Waals surface area contributed by atoms with Gasteiger partial charge >= 0.3 is 0 Å². The van der Waals surface area contributed by atoms with Crippen LogP contribution < -0.4 is 15.4 Å². The average molecular weight is 383 g/mol. The number of H-pyrrole nitrogens is 1. The number of aromatic amines is 1. The monoisotopic (exact) mass is 383 g/mol. The van der Waals surface area contributed by atoms with Gasteiger partial charge in [-0.15, -0.1) is 0 Å². The molecule has 1 aromatic heterocycles. The first kappa shape index (κ1) is 18.5. The maximum Gasteiger partial charge on any atom is 0.275 e. The van der Waals surface area contributed by atoms with E-state index in [1.807, 2.05) is 25.1 Å². The molecule has 2 aromatic rings. The van der Waals surface area contributed by atoms with Crippen LogP contribution in [-0.4, -0.2) is 53.2 Å². The maximum atomic E-state index is 13.1.